The zero-order valence-electron chi connectivity index (χ0n) is 10.5. The highest BCUT2D eigenvalue weighted by atomic mass is 16.2. The van der Waals surface area contributed by atoms with Gasteiger partial charge in [0.25, 0.3) is 0 Å². The Morgan fingerprint density at radius 2 is 2.12 bits per heavy atom. The molecule has 1 saturated heterocycles. The van der Waals surface area contributed by atoms with Crippen LogP contribution in [0.1, 0.15) is 39.5 Å². The number of amides is 2. The van der Waals surface area contributed by atoms with Gasteiger partial charge in [-0.2, -0.15) is 0 Å². The fourth-order valence-corrected chi connectivity index (χ4v) is 2.06. The van der Waals surface area contributed by atoms with E-state index in [1.54, 1.807) is 0 Å². The van der Waals surface area contributed by atoms with E-state index in [1.165, 1.54) is 0 Å². The lowest BCUT2D eigenvalue weighted by Gasteiger charge is -2.33. The maximum atomic E-state index is 11.6. The van der Waals surface area contributed by atoms with Crippen molar-refractivity contribution in [3.63, 3.8) is 0 Å². The lowest BCUT2D eigenvalue weighted by Crippen LogP contribution is -2.57. The molecule has 0 aromatic heterocycles. The van der Waals surface area contributed by atoms with E-state index in [9.17, 15) is 14.4 Å². The van der Waals surface area contributed by atoms with Gasteiger partial charge in [0.2, 0.25) is 11.8 Å². The number of nitrogens with one attached hydrogen (secondary N) is 1. The van der Waals surface area contributed by atoms with Gasteiger partial charge in [0, 0.05) is 12.8 Å². The molecular weight excluding hydrogens is 220 g/mol. The summed E-state index contributed by atoms with van der Waals surface area (Å²) in [7, 11) is 0. The highest BCUT2D eigenvalue weighted by Gasteiger charge is 2.31. The largest absolute Gasteiger partial charge is 0.300 e. The van der Waals surface area contributed by atoms with Gasteiger partial charge in [-0.25, -0.2) is 0 Å². The van der Waals surface area contributed by atoms with Crippen molar-refractivity contribution in [1.82, 2.24) is 10.2 Å². The molecule has 5 nitrogen and oxygen atoms in total. The summed E-state index contributed by atoms with van der Waals surface area (Å²) in [5, 5.41) is 2.33. The third kappa shape index (κ3) is 3.93. The molecule has 1 aliphatic heterocycles. The molecule has 0 radical (unpaired) electrons. The summed E-state index contributed by atoms with van der Waals surface area (Å²) in [6, 6.07) is -0.232. The Morgan fingerprint density at radius 1 is 1.41 bits per heavy atom. The van der Waals surface area contributed by atoms with Gasteiger partial charge in [0.15, 0.2) is 0 Å². The van der Waals surface area contributed by atoms with Crippen LogP contribution >= 0.6 is 0 Å². The number of ketones is 1. The second-order valence-corrected chi connectivity index (χ2v) is 4.30. The van der Waals surface area contributed by atoms with E-state index in [0.29, 0.717) is 32.2 Å². The summed E-state index contributed by atoms with van der Waals surface area (Å²) >= 11 is 0. The Hall–Kier alpha value is -1.23. The number of carbonyl (C=O) groups is 3. The van der Waals surface area contributed by atoms with Crippen molar-refractivity contribution in [2.24, 2.45) is 0 Å². The molecular formula is C12H20N2O3. The number of carbonyl (C=O) groups excluding carboxylic acids is 3. The Bertz CT molecular complexity index is 315. The molecule has 17 heavy (non-hydrogen) atoms. The number of hydrogen-bond donors (Lipinski definition) is 1. The molecule has 0 aromatic carbocycles. The predicted molar refractivity (Wildman–Crippen MR) is 63.3 cm³/mol. The second-order valence-electron chi connectivity index (χ2n) is 4.30. The first-order valence-electron chi connectivity index (χ1n) is 6.17. The quantitative estimate of drug-likeness (QED) is 0.686. The van der Waals surface area contributed by atoms with E-state index < -0.39 is 0 Å². The number of nitrogens with zero attached hydrogens (tertiary/aromatic N) is 1. The summed E-state index contributed by atoms with van der Waals surface area (Å²) in [4.78, 5) is 35.9. The minimum Gasteiger partial charge on any atom is -0.300 e. The Morgan fingerprint density at radius 3 is 2.71 bits per heavy atom. The minimum atomic E-state index is -0.249. The zero-order chi connectivity index (χ0) is 12.8. The molecule has 1 unspecified atom stereocenters. The van der Waals surface area contributed by atoms with Crippen molar-refractivity contribution in [1.29, 1.82) is 0 Å². The average molecular weight is 240 g/mol. The highest BCUT2D eigenvalue weighted by molar-refractivity contribution is 6.01. The first kappa shape index (κ1) is 13.8. The van der Waals surface area contributed by atoms with Crippen LogP contribution in [-0.4, -0.2) is 41.6 Å². The van der Waals surface area contributed by atoms with Crippen LogP contribution in [0.5, 0.6) is 0 Å². The lowest BCUT2D eigenvalue weighted by atomic mass is 10.1. The van der Waals surface area contributed by atoms with Crippen LogP contribution in [0.25, 0.3) is 0 Å². The van der Waals surface area contributed by atoms with Gasteiger partial charge in [-0.3, -0.25) is 24.6 Å². The van der Waals surface area contributed by atoms with Gasteiger partial charge >= 0.3 is 0 Å². The molecule has 1 heterocycles. The second kappa shape index (κ2) is 6.49. The summed E-state index contributed by atoms with van der Waals surface area (Å²) in [6.07, 6.45) is 2.47. The van der Waals surface area contributed by atoms with Crippen molar-refractivity contribution < 1.29 is 14.4 Å². The first-order chi connectivity index (χ1) is 8.08. The Labute approximate surface area is 102 Å². The van der Waals surface area contributed by atoms with Crippen LogP contribution in [0.3, 0.4) is 0 Å². The smallest absolute Gasteiger partial charge is 0.243 e. The molecule has 1 rings (SSSR count). The van der Waals surface area contributed by atoms with Gasteiger partial charge in [-0.1, -0.05) is 13.8 Å². The van der Waals surface area contributed by atoms with Crippen LogP contribution in [0.15, 0.2) is 0 Å². The van der Waals surface area contributed by atoms with E-state index in [2.05, 4.69) is 5.32 Å². The molecule has 96 valence electrons. The van der Waals surface area contributed by atoms with Gasteiger partial charge < -0.3 is 0 Å². The molecule has 1 atom stereocenters. The van der Waals surface area contributed by atoms with E-state index in [-0.39, 0.29) is 30.2 Å². The van der Waals surface area contributed by atoms with E-state index in [4.69, 9.17) is 0 Å². The fraction of sp³-hybridized carbons (Fsp3) is 0.750. The number of imide groups is 1. The van der Waals surface area contributed by atoms with Crippen molar-refractivity contribution >= 4 is 17.6 Å². The molecule has 0 saturated carbocycles. The van der Waals surface area contributed by atoms with Crippen LogP contribution in [0.4, 0.5) is 0 Å². The molecule has 5 heteroatoms. The van der Waals surface area contributed by atoms with Crippen LogP contribution in [0.2, 0.25) is 0 Å². The third-order valence-corrected chi connectivity index (χ3v) is 3.03. The van der Waals surface area contributed by atoms with Crippen molar-refractivity contribution in [3.8, 4) is 0 Å². The fourth-order valence-electron chi connectivity index (χ4n) is 2.06. The van der Waals surface area contributed by atoms with Crippen molar-refractivity contribution in [2.45, 2.75) is 45.6 Å². The number of rotatable bonds is 6. The standard InChI is InChI=1S/C12H20N2O3/c1-3-9(15)6-5-7-14-8-11(16)13-12(17)10(14)4-2/h10H,3-8H2,1-2H3,(H,13,16,17). The molecule has 0 spiro atoms. The van der Waals surface area contributed by atoms with Gasteiger partial charge in [-0.05, 0) is 19.4 Å². The zero-order valence-corrected chi connectivity index (χ0v) is 10.5. The molecule has 0 aromatic rings. The highest BCUT2D eigenvalue weighted by Crippen LogP contribution is 2.10. The Kier molecular flexibility index (Phi) is 5.28. The predicted octanol–water partition coefficient (Wildman–Crippen LogP) is 0.483. The average Bonchev–Trinajstić information content (AvgIpc) is 2.28. The third-order valence-electron chi connectivity index (χ3n) is 3.03. The molecule has 2 amide bonds. The monoisotopic (exact) mass is 240 g/mol. The van der Waals surface area contributed by atoms with E-state index in [1.807, 2.05) is 18.7 Å². The van der Waals surface area contributed by atoms with Crippen LogP contribution in [0, 0.1) is 0 Å². The van der Waals surface area contributed by atoms with E-state index >= 15 is 0 Å². The van der Waals surface area contributed by atoms with Gasteiger partial charge in [0.05, 0.1) is 12.6 Å². The summed E-state index contributed by atoms with van der Waals surface area (Å²) in [6.45, 7) is 4.65. The minimum absolute atomic E-state index is 0.217. The summed E-state index contributed by atoms with van der Waals surface area (Å²) in [5.74, 6) is -0.238. The lowest BCUT2D eigenvalue weighted by molar-refractivity contribution is -0.140. The van der Waals surface area contributed by atoms with Crippen molar-refractivity contribution in [2.75, 3.05) is 13.1 Å². The maximum absolute atomic E-state index is 11.6. The van der Waals surface area contributed by atoms with Crippen LogP contribution < -0.4 is 5.32 Å². The first-order valence-corrected chi connectivity index (χ1v) is 6.17. The van der Waals surface area contributed by atoms with Crippen molar-refractivity contribution in [3.05, 3.63) is 0 Å². The summed E-state index contributed by atoms with van der Waals surface area (Å²) in [5.41, 5.74) is 0. The normalized spacial score (nSPS) is 21.4. The summed E-state index contributed by atoms with van der Waals surface area (Å²) < 4.78 is 0. The SMILES string of the molecule is CCC(=O)CCCN1CC(=O)NC(=O)C1CC. The number of Topliss-reactive ketones (excluding diaryl/α,β-unsaturated/α-hetero) is 1. The van der Waals surface area contributed by atoms with Gasteiger partial charge in [0.1, 0.15) is 5.78 Å². The molecule has 0 aliphatic carbocycles. The topological polar surface area (TPSA) is 66.5 Å². The number of piperazine rings is 1. The van der Waals surface area contributed by atoms with Crippen LogP contribution in [-0.2, 0) is 14.4 Å². The molecule has 1 N–H and O–H groups in total. The Balaban J connectivity index is 2.46. The number of hydrogen-bond acceptors (Lipinski definition) is 4. The van der Waals surface area contributed by atoms with E-state index in [0.717, 1.165) is 0 Å². The van der Waals surface area contributed by atoms with Gasteiger partial charge in [-0.15, -0.1) is 0 Å². The maximum Gasteiger partial charge on any atom is 0.243 e. The molecule has 0 bridgehead atoms. The molecule has 1 aliphatic rings. The molecule has 1 fully saturated rings.